The molecule has 5 nitrogen and oxygen atoms in total. The van der Waals surface area contributed by atoms with Crippen molar-refractivity contribution in [3.8, 4) is 5.75 Å². The van der Waals surface area contributed by atoms with Gasteiger partial charge in [-0.05, 0) is 48.2 Å². The van der Waals surface area contributed by atoms with Crippen molar-refractivity contribution in [1.82, 2.24) is 5.32 Å². The second-order valence-electron chi connectivity index (χ2n) is 7.02. The number of carboxylic acid groups (broad SMARTS) is 1. The number of hydrogen-bond acceptors (Lipinski definition) is 3. The van der Waals surface area contributed by atoms with Gasteiger partial charge in [-0.15, -0.1) is 0 Å². The molecular formula is C21H24ClNO4. The van der Waals surface area contributed by atoms with E-state index in [0.717, 1.165) is 11.1 Å². The Labute approximate surface area is 164 Å². The minimum absolute atomic E-state index is 0.0103. The van der Waals surface area contributed by atoms with E-state index in [1.807, 2.05) is 50.2 Å². The Morgan fingerprint density at radius 1 is 1.11 bits per heavy atom. The van der Waals surface area contributed by atoms with Crippen LogP contribution in [0.4, 0.5) is 0 Å². The van der Waals surface area contributed by atoms with Crippen LogP contribution in [0.15, 0.2) is 48.5 Å². The first-order valence-corrected chi connectivity index (χ1v) is 9.10. The smallest absolute Gasteiger partial charge is 0.341 e. The van der Waals surface area contributed by atoms with E-state index in [0.29, 0.717) is 30.2 Å². The first-order valence-electron chi connectivity index (χ1n) is 8.72. The number of halogens is 1. The normalized spacial score (nSPS) is 11.1. The van der Waals surface area contributed by atoms with Crippen LogP contribution in [0.2, 0.25) is 5.02 Å². The lowest BCUT2D eigenvalue weighted by molar-refractivity contribution is -0.139. The maximum absolute atomic E-state index is 12.5. The third-order valence-corrected chi connectivity index (χ3v) is 4.37. The fraction of sp³-hybridized carbons (Fsp3) is 0.333. The average molecular weight is 390 g/mol. The number of aliphatic carboxylic acids is 1. The highest BCUT2D eigenvalue weighted by Gasteiger charge is 2.27. The van der Waals surface area contributed by atoms with E-state index in [-0.39, 0.29) is 12.5 Å². The Morgan fingerprint density at radius 3 is 2.44 bits per heavy atom. The van der Waals surface area contributed by atoms with E-state index in [1.165, 1.54) is 0 Å². The summed E-state index contributed by atoms with van der Waals surface area (Å²) in [6.45, 7) is 3.99. The summed E-state index contributed by atoms with van der Waals surface area (Å²) < 4.78 is 5.10. The van der Waals surface area contributed by atoms with Gasteiger partial charge in [-0.25, -0.2) is 4.79 Å². The maximum Gasteiger partial charge on any atom is 0.341 e. The molecular weight excluding hydrogens is 366 g/mol. The predicted molar refractivity (Wildman–Crippen MR) is 105 cm³/mol. The van der Waals surface area contributed by atoms with Gasteiger partial charge in [0.05, 0.1) is 0 Å². The highest BCUT2D eigenvalue weighted by molar-refractivity contribution is 6.30. The first kappa shape index (κ1) is 20.8. The molecule has 0 fully saturated rings. The van der Waals surface area contributed by atoms with Gasteiger partial charge in [0, 0.05) is 17.0 Å². The highest BCUT2D eigenvalue weighted by atomic mass is 35.5. The topological polar surface area (TPSA) is 75.6 Å². The van der Waals surface area contributed by atoms with Gasteiger partial charge in [0.25, 0.3) is 0 Å². The Bertz CT molecular complexity index is 787. The van der Waals surface area contributed by atoms with Crippen molar-refractivity contribution in [3.63, 3.8) is 0 Å². The molecule has 2 aromatic carbocycles. The van der Waals surface area contributed by atoms with Gasteiger partial charge in [-0.1, -0.05) is 49.7 Å². The summed E-state index contributed by atoms with van der Waals surface area (Å²) in [5, 5.41) is 12.2. The maximum atomic E-state index is 12.5. The standard InChI is InChI=1S/C21H24ClNO4/c1-21(2,13-16-4-3-5-17(22)12-16)20(26)23-11-10-15-6-8-18(9-7-15)27-14-19(24)25/h3-9,12H,10-11,13-14H2,1-2H3,(H,23,26)(H,24,25). The molecule has 0 bridgehead atoms. The molecule has 0 spiro atoms. The molecule has 0 aliphatic rings. The van der Waals surface area contributed by atoms with Crippen molar-refractivity contribution in [3.05, 3.63) is 64.7 Å². The van der Waals surface area contributed by atoms with E-state index >= 15 is 0 Å². The highest BCUT2D eigenvalue weighted by Crippen LogP contribution is 2.24. The Balaban J connectivity index is 1.81. The predicted octanol–water partition coefficient (Wildman–Crippen LogP) is 3.73. The molecule has 0 aromatic heterocycles. The van der Waals surface area contributed by atoms with Crippen molar-refractivity contribution in [1.29, 1.82) is 0 Å². The summed E-state index contributed by atoms with van der Waals surface area (Å²) in [5.41, 5.74) is 1.52. The molecule has 0 heterocycles. The summed E-state index contributed by atoms with van der Waals surface area (Å²) >= 11 is 6.01. The van der Waals surface area contributed by atoms with Crippen molar-refractivity contribution in [2.45, 2.75) is 26.7 Å². The van der Waals surface area contributed by atoms with Crippen LogP contribution in [-0.4, -0.2) is 30.1 Å². The lowest BCUT2D eigenvalue weighted by Gasteiger charge is -2.24. The number of amides is 1. The molecule has 27 heavy (non-hydrogen) atoms. The third-order valence-electron chi connectivity index (χ3n) is 4.13. The number of nitrogens with one attached hydrogen (secondary N) is 1. The van der Waals surface area contributed by atoms with Gasteiger partial charge in [0.15, 0.2) is 6.61 Å². The van der Waals surface area contributed by atoms with E-state index < -0.39 is 11.4 Å². The Hall–Kier alpha value is -2.53. The first-order chi connectivity index (χ1) is 12.8. The zero-order valence-electron chi connectivity index (χ0n) is 15.5. The van der Waals surface area contributed by atoms with Crippen LogP contribution in [-0.2, 0) is 22.4 Å². The number of benzene rings is 2. The van der Waals surface area contributed by atoms with Crippen LogP contribution in [0.3, 0.4) is 0 Å². The van der Waals surface area contributed by atoms with E-state index in [1.54, 1.807) is 12.1 Å². The molecule has 1 amide bonds. The fourth-order valence-corrected chi connectivity index (χ4v) is 2.91. The molecule has 2 aromatic rings. The van der Waals surface area contributed by atoms with Crippen molar-refractivity contribution >= 4 is 23.5 Å². The zero-order chi connectivity index (χ0) is 19.9. The van der Waals surface area contributed by atoms with Crippen molar-refractivity contribution in [2.75, 3.05) is 13.2 Å². The monoisotopic (exact) mass is 389 g/mol. The fourth-order valence-electron chi connectivity index (χ4n) is 2.69. The van der Waals surface area contributed by atoms with Gasteiger partial charge in [-0.2, -0.15) is 0 Å². The second kappa shape index (κ2) is 9.42. The number of carbonyl (C=O) groups is 2. The van der Waals surface area contributed by atoms with Gasteiger partial charge in [-0.3, -0.25) is 4.79 Å². The van der Waals surface area contributed by atoms with Gasteiger partial charge >= 0.3 is 5.97 Å². The number of carbonyl (C=O) groups excluding carboxylic acids is 1. The van der Waals surface area contributed by atoms with Crippen LogP contribution in [0.1, 0.15) is 25.0 Å². The molecule has 0 atom stereocenters. The summed E-state index contributed by atoms with van der Waals surface area (Å²) in [5.74, 6) is -0.515. The van der Waals surface area contributed by atoms with Crippen molar-refractivity contribution in [2.24, 2.45) is 5.41 Å². The molecule has 0 saturated carbocycles. The quantitative estimate of drug-likeness (QED) is 0.685. The van der Waals surface area contributed by atoms with E-state index in [9.17, 15) is 9.59 Å². The summed E-state index contributed by atoms with van der Waals surface area (Å²) in [6.07, 6.45) is 1.28. The van der Waals surface area contributed by atoms with Gasteiger partial charge in [0.2, 0.25) is 5.91 Å². The third kappa shape index (κ3) is 6.94. The molecule has 2 N–H and O–H groups in total. The molecule has 6 heteroatoms. The van der Waals surface area contributed by atoms with Crippen molar-refractivity contribution < 1.29 is 19.4 Å². The van der Waals surface area contributed by atoms with E-state index in [2.05, 4.69) is 5.32 Å². The summed E-state index contributed by atoms with van der Waals surface area (Å²) in [4.78, 5) is 23.0. The largest absolute Gasteiger partial charge is 0.482 e. The molecule has 0 saturated heterocycles. The Morgan fingerprint density at radius 2 is 1.81 bits per heavy atom. The minimum Gasteiger partial charge on any atom is -0.482 e. The number of rotatable bonds is 9. The summed E-state index contributed by atoms with van der Waals surface area (Å²) in [7, 11) is 0. The minimum atomic E-state index is -1.01. The lowest BCUT2D eigenvalue weighted by atomic mass is 9.85. The van der Waals surface area contributed by atoms with Gasteiger partial charge in [0.1, 0.15) is 5.75 Å². The molecule has 0 aliphatic heterocycles. The summed E-state index contributed by atoms with van der Waals surface area (Å²) in [6, 6.07) is 14.7. The van der Waals surface area contributed by atoms with Crippen LogP contribution in [0.25, 0.3) is 0 Å². The lowest BCUT2D eigenvalue weighted by Crippen LogP contribution is -2.39. The Kier molecular flexibility index (Phi) is 7.25. The van der Waals surface area contributed by atoms with Crippen LogP contribution in [0, 0.1) is 5.41 Å². The number of carboxylic acids is 1. The molecule has 0 radical (unpaired) electrons. The molecule has 2 rings (SSSR count). The molecule has 0 aliphatic carbocycles. The second-order valence-corrected chi connectivity index (χ2v) is 7.46. The average Bonchev–Trinajstić information content (AvgIpc) is 2.60. The van der Waals surface area contributed by atoms with Crippen LogP contribution < -0.4 is 10.1 Å². The van der Waals surface area contributed by atoms with Crippen LogP contribution in [0.5, 0.6) is 5.75 Å². The van der Waals surface area contributed by atoms with Crippen LogP contribution >= 0.6 is 11.6 Å². The van der Waals surface area contributed by atoms with E-state index in [4.69, 9.17) is 21.4 Å². The molecule has 0 unspecified atom stereocenters. The zero-order valence-corrected chi connectivity index (χ0v) is 16.3. The molecule has 144 valence electrons. The number of hydrogen-bond donors (Lipinski definition) is 2. The SMILES string of the molecule is CC(C)(Cc1cccc(Cl)c1)C(=O)NCCc1ccc(OCC(=O)O)cc1. The van der Waals surface area contributed by atoms with Gasteiger partial charge < -0.3 is 15.2 Å². The number of ether oxygens (including phenoxy) is 1.